The molecule has 0 aromatic rings. The number of aliphatic hydroxyl groups excluding tert-OH is 2. The summed E-state index contributed by atoms with van der Waals surface area (Å²) in [6.07, 6.45) is 50.9. The fourth-order valence-corrected chi connectivity index (χ4v) is 4.69. The van der Waals surface area contributed by atoms with Crippen LogP contribution in [0, 0.1) is 0 Å². The van der Waals surface area contributed by atoms with Crippen LogP contribution in [0.2, 0.25) is 0 Å². The Bertz CT molecular complexity index is 834. The fraction of sp³-hybridized carbons (Fsp3) is 0.625. The monoisotopic (exact) mass is 610 g/mol. The summed E-state index contributed by atoms with van der Waals surface area (Å²) in [7, 11) is 0. The van der Waals surface area contributed by atoms with Crippen molar-refractivity contribution in [3.8, 4) is 0 Å². The molecular weight excluding hydrogens is 542 g/mol. The van der Waals surface area contributed by atoms with E-state index in [2.05, 4.69) is 104 Å². The van der Waals surface area contributed by atoms with Gasteiger partial charge in [0.1, 0.15) is 0 Å². The summed E-state index contributed by atoms with van der Waals surface area (Å²) in [5.41, 5.74) is 0. The molecule has 0 spiro atoms. The van der Waals surface area contributed by atoms with Crippen molar-refractivity contribution in [3.05, 3.63) is 85.1 Å². The van der Waals surface area contributed by atoms with Crippen molar-refractivity contribution in [1.29, 1.82) is 0 Å². The zero-order valence-corrected chi connectivity index (χ0v) is 28.4. The number of aliphatic hydroxyl groups is 2. The van der Waals surface area contributed by atoms with Gasteiger partial charge < -0.3 is 15.5 Å². The van der Waals surface area contributed by atoms with Crippen LogP contribution in [0.25, 0.3) is 0 Å². The zero-order valence-electron chi connectivity index (χ0n) is 28.4. The average molecular weight is 610 g/mol. The van der Waals surface area contributed by atoms with E-state index in [0.717, 1.165) is 83.5 Å². The molecule has 0 bridgehead atoms. The van der Waals surface area contributed by atoms with Gasteiger partial charge in [-0.3, -0.25) is 4.79 Å². The summed E-state index contributed by atoms with van der Waals surface area (Å²) in [6, 6.07) is -0.548. The van der Waals surface area contributed by atoms with E-state index in [0.29, 0.717) is 12.8 Å². The van der Waals surface area contributed by atoms with E-state index in [1.54, 1.807) is 0 Å². The van der Waals surface area contributed by atoms with E-state index in [1.807, 2.05) is 0 Å². The van der Waals surface area contributed by atoms with Gasteiger partial charge in [0.05, 0.1) is 18.8 Å². The Balaban J connectivity index is 3.65. The first-order chi connectivity index (χ1) is 21.7. The number of hydrogen-bond acceptors (Lipinski definition) is 3. The van der Waals surface area contributed by atoms with Gasteiger partial charge in [0.2, 0.25) is 5.91 Å². The van der Waals surface area contributed by atoms with Crippen LogP contribution in [-0.4, -0.2) is 34.9 Å². The van der Waals surface area contributed by atoms with Crippen molar-refractivity contribution in [2.75, 3.05) is 6.61 Å². The lowest BCUT2D eigenvalue weighted by Crippen LogP contribution is -2.45. The quantitative estimate of drug-likeness (QED) is 0.0560. The van der Waals surface area contributed by atoms with Gasteiger partial charge >= 0.3 is 0 Å². The van der Waals surface area contributed by atoms with E-state index in [-0.39, 0.29) is 12.5 Å². The maximum atomic E-state index is 12.2. The highest BCUT2D eigenvalue weighted by Crippen LogP contribution is 2.11. The van der Waals surface area contributed by atoms with Gasteiger partial charge in [-0.25, -0.2) is 0 Å². The van der Waals surface area contributed by atoms with Gasteiger partial charge in [0.25, 0.3) is 0 Å². The van der Waals surface area contributed by atoms with Gasteiger partial charge in [-0.15, -0.1) is 0 Å². The van der Waals surface area contributed by atoms with Crippen LogP contribution in [0.15, 0.2) is 85.1 Å². The third kappa shape index (κ3) is 31.0. The summed E-state index contributed by atoms with van der Waals surface area (Å²) in [6.45, 7) is 4.13. The minimum Gasteiger partial charge on any atom is -0.394 e. The number of carbonyl (C=O) groups is 1. The number of hydrogen-bond donors (Lipinski definition) is 3. The summed E-state index contributed by atoms with van der Waals surface area (Å²) in [5, 5.41) is 22.7. The Kier molecular flexibility index (Phi) is 33.1. The molecule has 0 heterocycles. The number of amides is 1. The molecule has 2 unspecified atom stereocenters. The Morgan fingerprint density at radius 1 is 0.568 bits per heavy atom. The van der Waals surface area contributed by atoms with Crippen LogP contribution >= 0.6 is 0 Å². The lowest BCUT2D eigenvalue weighted by molar-refractivity contribution is -0.123. The molecule has 0 aromatic carbocycles. The van der Waals surface area contributed by atoms with Gasteiger partial charge in [-0.2, -0.15) is 0 Å². The predicted molar refractivity (Wildman–Crippen MR) is 193 cm³/mol. The van der Waals surface area contributed by atoms with Crippen molar-refractivity contribution in [2.24, 2.45) is 0 Å². The molecule has 0 aromatic heterocycles. The van der Waals surface area contributed by atoms with Crippen molar-refractivity contribution in [2.45, 2.75) is 154 Å². The number of allylic oxidation sites excluding steroid dienone is 14. The molecule has 0 rings (SSSR count). The Morgan fingerprint density at radius 2 is 1.00 bits per heavy atom. The van der Waals surface area contributed by atoms with Gasteiger partial charge in [-0.1, -0.05) is 150 Å². The lowest BCUT2D eigenvalue weighted by Gasteiger charge is -2.22. The largest absolute Gasteiger partial charge is 0.394 e. The van der Waals surface area contributed by atoms with E-state index < -0.39 is 12.1 Å². The van der Waals surface area contributed by atoms with Crippen LogP contribution in [0.3, 0.4) is 0 Å². The average Bonchev–Trinajstić information content (AvgIpc) is 3.03. The number of rotatable bonds is 30. The molecule has 0 saturated heterocycles. The van der Waals surface area contributed by atoms with Crippen LogP contribution in [-0.2, 0) is 4.79 Å². The zero-order chi connectivity index (χ0) is 32.2. The van der Waals surface area contributed by atoms with Crippen molar-refractivity contribution in [1.82, 2.24) is 5.32 Å². The second-order valence-corrected chi connectivity index (χ2v) is 11.6. The molecule has 0 saturated carbocycles. The number of carbonyl (C=O) groups excluding carboxylic acids is 1. The summed E-state index contributed by atoms with van der Waals surface area (Å²) >= 11 is 0. The second-order valence-electron chi connectivity index (χ2n) is 11.6. The molecule has 250 valence electrons. The summed E-state index contributed by atoms with van der Waals surface area (Å²) in [4.78, 5) is 12.2. The Hall–Kier alpha value is -2.43. The van der Waals surface area contributed by atoms with Crippen molar-refractivity contribution in [3.63, 3.8) is 0 Å². The number of nitrogens with one attached hydrogen (secondary N) is 1. The highest BCUT2D eigenvalue weighted by molar-refractivity contribution is 5.76. The molecule has 0 aliphatic heterocycles. The van der Waals surface area contributed by atoms with Gasteiger partial charge in [-0.05, 0) is 70.6 Å². The van der Waals surface area contributed by atoms with E-state index in [4.69, 9.17) is 0 Å². The van der Waals surface area contributed by atoms with Crippen LogP contribution in [0.5, 0.6) is 0 Å². The fourth-order valence-electron chi connectivity index (χ4n) is 4.69. The molecule has 4 heteroatoms. The smallest absolute Gasteiger partial charge is 0.220 e. The maximum absolute atomic E-state index is 12.2. The highest BCUT2D eigenvalue weighted by Gasteiger charge is 2.19. The third-order valence-corrected chi connectivity index (χ3v) is 7.42. The molecule has 44 heavy (non-hydrogen) atoms. The standard InChI is InChI=1S/C40H67NO3/c1-3-5-7-9-10-11-12-13-14-15-16-17-18-19-20-21-22-23-24-25-26-27-28-29-30-32-34-36-40(44)41-38(37-42)39(43)35-33-31-8-6-4-2/h5,7,10-11,13-14,16-17,19-20,22-23,25-26,38-39,42-43H,3-4,6,8-9,12,15,18,21,24,27-37H2,1-2H3,(H,41,44)/b7-5-,11-10-,14-13-,17-16-,20-19-,23-22-,26-25-. The molecule has 2 atom stereocenters. The van der Waals surface area contributed by atoms with Crippen molar-refractivity contribution < 1.29 is 15.0 Å². The first kappa shape index (κ1) is 41.6. The summed E-state index contributed by atoms with van der Waals surface area (Å²) < 4.78 is 0. The topological polar surface area (TPSA) is 69.6 Å². The lowest BCUT2D eigenvalue weighted by atomic mass is 10.0. The normalized spacial score (nSPS) is 14.2. The molecule has 0 fully saturated rings. The predicted octanol–water partition coefficient (Wildman–Crippen LogP) is 10.6. The molecule has 0 aliphatic rings. The molecule has 3 N–H and O–H groups in total. The first-order valence-electron chi connectivity index (χ1n) is 17.8. The van der Waals surface area contributed by atoms with Gasteiger partial charge in [0.15, 0.2) is 0 Å². The molecule has 4 nitrogen and oxygen atoms in total. The Morgan fingerprint density at radius 3 is 1.50 bits per heavy atom. The summed E-state index contributed by atoms with van der Waals surface area (Å²) in [5.74, 6) is -0.0635. The molecule has 0 aliphatic carbocycles. The maximum Gasteiger partial charge on any atom is 0.220 e. The minimum absolute atomic E-state index is 0.0635. The van der Waals surface area contributed by atoms with Crippen LogP contribution in [0.4, 0.5) is 0 Å². The Labute approximate surface area is 271 Å². The van der Waals surface area contributed by atoms with E-state index >= 15 is 0 Å². The SMILES string of the molecule is CC/C=C\C/C=C\C/C=C\C/C=C\C/C=C\C/C=C\C/C=C\CCCCCCCC(=O)NC(CO)C(O)CCCCCCC. The van der Waals surface area contributed by atoms with Crippen LogP contribution in [0.1, 0.15) is 142 Å². The second kappa shape index (κ2) is 35.1. The molecular formula is C40H67NO3. The first-order valence-corrected chi connectivity index (χ1v) is 17.8. The number of unbranched alkanes of at least 4 members (excludes halogenated alkanes) is 9. The minimum atomic E-state index is -0.669. The van der Waals surface area contributed by atoms with Gasteiger partial charge in [0, 0.05) is 6.42 Å². The third-order valence-electron chi connectivity index (χ3n) is 7.42. The highest BCUT2D eigenvalue weighted by atomic mass is 16.3. The van der Waals surface area contributed by atoms with Crippen molar-refractivity contribution >= 4 is 5.91 Å². The van der Waals surface area contributed by atoms with Crippen LogP contribution < -0.4 is 5.32 Å². The van der Waals surface area contributed by atoms with E-state index in [1.165, 1.54) is 32.1 Å². The molecule has 0 radical (unpaired) electrons. The van der Waals surface area contributed by atoms with E-state index in [9.17, 15) is 15.0 Å². The molecule has 1 amide bonds.